The summed E-state index contributed by atoms with van der Waals surface area (Å²) in [6.07, 6.45) is 0. The molecule has 0 spiro atoms. The maximum Gasteiger partial charge on any atom is 0.278 e. The lowest BCUT2D eigenvalue weighted by atomic mass is 10.1. The van der Waals surface area contributed by atoms with Gasteiger partial charge in [0.1, 0.15) is 39.3 Å². The first-order valence-corrected chi connectivity index (χ1v) is 8.57. The number of aryl methyl sites for hydroxylation is 1. The molecule has 1 heterocycles. The number of hydrogen-bond donors (Lipinski definition) is 2. The Morgan fingerprint density at radius 1 is 0.875 bits per heavy atom. The number of hydrogen-bond acceptors (Lipinski definition) is 2. The van der Waals surface area contributed by atoms with Gasteiger partial charge in [0.25, 0.3) is 5.69 Å². The number of nitrogens with one attached hydrogen (secondary N) is 2. The van der Waals surface area contributed by atoms with E-state index in [-0.39, 0.29) is 10.6 Å². The lowest BCUT2D eigenvalue weighted by Gasteiger charge is -2.30. The monoisotopic (exact) mass is 327 g/mol. The van der Waals surface area contributed by atoms with Gasteiger partial charge in [-0.15, -0.1) is 0 Å². The normalized spacial score (nSPS) is 20.7. The summed E-state index contributed by atoms with van der Waals surface area (Å²) in [6, 6.07) is 15.7. The molecule has 1 fully saturated rings. The van der Waals surface area contributed by atoms with Crippen LogP contribution in [-0.2, 0) is 13.1 Å². The van der Waals surface area contributed by atoms with Gasteiger partial charge in [-0.2, -0.15) is 0 Å². The topological polar surface area (TPSA) is 52.0 Å². The minimum Gasteiger partial charge on any atom is -0.322 e. The van der Waals surface area contributed by atoms with Crippen LogP contribution in [0.25, 0.3) is 0 Å². The van der Waals surface area contributed by atoms with E-state index in [4.69, 9.17) is 0 Å². The molecule has 24 heavy (non-hydrogen) atoms. The SMILES string of the molecule is Cc1ccccc1C[NH+]1CC[NH+](Cc2ccccc2[N+](=O)[O-])CC1. The maximum atomic E-state index is 11.1. The van der Waals surface area contributed by atoms with Crippen molar-refractivity contribution in [1.29, 1.82) is 0 Å². The molecule has 0 atom stereocenters. The van der Waals surface area contributed by atoms with Crippen LogP contribution in [0.15, 0.2) is 48.5 Å². The van der Waals surface area contributed by atoms with E-state index in [9.17, 15) is 10.1 Å². The highest BCUT2D eigenvalue weighted by molar-refractivity contribution is 5.39. The molecule has 0 aliphatic carbocycles. The molecule has 5 heteroatoms. The second kappa shape index (κ2) is 7.55. The highest BCUT2D eigenvalue weighted by Crippen LogP contribution is 2.16. The first-order valence-electron chi connectivity index (χ1n) is 8.57. The zero-order valence-electron chi connectivity index (χ0n) is 14.1. The van der Waals surface area contributed by atoms with E-state index in [1.54, 1.807) is 17.0 Å². The number of quaternary nitrogens is 2. The van der Waals surface area contributed by atoms with Crippen molar-refractivity contribution in [3.63, 3.8) is 0 Å². The molecule has 0 radical (unpaired) electrons. The molecule has 0 amide bonds. The third-order valence-corrected chi connectivity index (χ3v) is 4.99. The minimum atomic E-state index is -0.269. The second-order valence-corrected chi connectivity index (χ2v) is 6.67. The Morgan fingerprint density at radius 2 is 1.38 bits per heavy atom. The van der Waals surface area contributed by atoms with Crippen molar-refractivity contribution in [3.05, 3.63) is 75.3 Å². The van der Waals surface area contributed by atoms with Crippen molar-refractivity contribution in [1.82, 2.24) is 0 Å². The highest BCUT2D eigenvalue weighted by Gasteiger charge is 2.25. The van der Waals surface area contributed by atoms with Crippen LogP contribution in [0.2, 0.25) is 0 Å². The van der Waals surface area contributed by atoms with E-state index in [2.05, 4.69) is 31.2 Å². The summed E-state index contributed by atoms with van der Waals surface area (Å²) in [5, 5.41) is 11.1. The molecule has 0 saturated carbocycles. The lowest BCUT2D eigenvalue weighted by molar-refractivity contribution is -1.02. The largest absolute Gasteiger partial charge is 0.322 e. The molecule has 0 bridgehead atoms. The number of benzene rings is 2. The Balaban J connectivity index is 1.56. The van der Waals surface area contributed by atoms with Gasteiger partial charge in [-0.25, -0.2) is 0 Å². The Bertz CT molecular complexity index is 709. The van der Waals surface area contributed by atoms with Crippen molar-refractivity contribution in [3.8, 4) is 0 Å². The lowest BCUT2D eigenvalue weighted by Crippen LogP contribution is -3.27. The van der Waals surface area contributed by atoms with E-state index < -0.39 is 0 Å². The van der Waals surface area contributed by atoms with Crippen molar-refractivity contribution in [2.24, 2.45) is 0 Å². The zero-order chi connectivity index (χ0) is 16.9. The van der Waals surface area contributed by atoms with Crippen LogP contribution in [0.3, 0.4) is 0 Å². The summed E-state index contributed by atoms with van der Waals surface area (Å²) < 4.78 is 0. The number of nitrogens with zero attached hydrogens (tertiary/aromatic N) is 1. The molecule has 5 nitrogen and oxygen atoms in total. The van der Waals surface area contributed by atoms with Crippen molar-refractivity contribution in [2.75, 3.05) is 26.2 Å². The molecule has 2 aromatic carbocycles. The Labute approximate surface area is 142 Å². The van der Waals surface area contributed by atoms with E-state index in [0.717, 1.165) is 44.8 Å². The number of para-hydroxylation sites is 1. The first kappa shape index (κ1) is 16.6. The second-order valence-electron chi connectivity index (χ2n) is 6.67. The van der Waals surface area contributed by atoms with Crippen LogP contribution >= 0.6 is 0 Å². The van der Waals surface area contributed by atoms with Crippen LogP contribution in [0, 0.1) is 17.0 Å². The molecule has 2 aromatic rings. The van der Waals surface area contributed by atoms with Gasteiger partial charge < -0.3 is 9.80 Å². The fourth-order valence-electron chi connectivity index (χ4n) is 3.50. The molecule has 0 unspecified atom stereocenters. The van der Waals surface area contributed by atoms with E-state index in [1.807, 2.05) is 12.1 Å². The average Bonchev–Trinajstić information content (AvgIpc) is 2.59. The number of nitro groups is 1. The van der Waals surface area contributed by atoms with Gasteiger partial charge in [0.15, 0.2) is 0 Å². The molecule has 2 N–H and O–H groups in total. The quantitative estimate of drug-likeness (QED) is 0.616. The molecule has 126 valence electrons. The van der Waals surface area contributed by atoms with Gasteiger partial charge in [-0.3, -0.25) is 10.1 Å². The molecule has 3 rings (SSSR count). The van der Waals surface area contributed by atoms with Crippen molar-refractivity contribution in [2.45, 2.75) is 20.0 Å². The molecule has 1 saturated heterocycles. The smallest absolute Gasteiger partial charge is 0.278 e. The standard InChI is InChI=1S/C19H23N3O2/c1-16-6-2-3-7-17(16)14-20-10-12-21(13-11-20)15-18-8-4-5-9-19(18)22(23)24/h2-9H,10-15H2,1H3/p+2. The predicted molar refractivity (Wildman–Crippen MR) is 93.1 cm³/mol. The van der Waals surface area contributed by atoms with Gasteiger partial charge in [0.05, 0.1) is 10.5 Å². The Kier molecular flexibility index (Phi) is 5.23. The summed E-state index contributed by atoms with van der Waals surface area (Å²) in [6.45, 7) is 8.35. The number of piperazine rings is 1. The molecule has 1 aliphatic heterocycles. The summed E-state index contributed by atoms with van der Waals surface area (Å²) in [4.78, 5) is 13.9. The van der Waals surface area contributed by atoms with Gasteiger partial charge in [-0.05, 0) is 18.6 Å². The summed E-state index contributed by atoms with van der Waals surface area (Å²) >= 11 is 0. The average molecular weight is 327 g/mol. The molecule has 1 aliphatic rings. The highest BCUT2D eigenvalue weighted by atomic mass is 16.6. The van der Waals surface area contributed by atoms with Crippen LogP contribution in [-0.4, -0.2) is 31.1 Å². The Morgan fingerprint density at radius 3 is 1.96 bits per heavy atom. The van der Waals surface area contributed by atoms with E-state index in [1.165, 1.54) is 16.0 Å². The van der Waals surface area contributed by atoms with E-state index >= 15 is 0 Å². The summed E-state index contributed by atoms with van der Waals surface area (Å²) in [7, 11) is 0. The zero-order valence-corrected chi connectivity index (χ0v) is 14.1. The van der Waals surface area contributed by atoms with Gasteiger partial charge in [-0.1, -0.05) is 36.4 Å². The summed E-state index contributed by atoms with van der Waals surface area (Å²) in [5.41, 5.74) is 3.88. The van der Waals surface area contributed by atoms with Crippen molar-refractivity contribution < 1.29 is 14.7 Å². The van der Waals surface area contributed by atoms with Gasteiger partial charge in [0, 0.05) is 11.6 Å². The van der Waals surface area contributed by atoms with Crippen LogP contribution in [0.1, 0.15) is 16.7 Å². The number of nitro benzene ring substituents is 1. The predicted octanol–water partition coefficient (Wildman–Crippen LogP) is 0.387. The first-order chi connectivity index (χ1) is 11.6. The fraction of sp³-hybridized carbons (Fsp3) is 0.368. The van der Waals surface area contributed by atoms with Crippen LogP contribution < -0.4 is 9.80 Å². The summed E-state index contributed by atoms with van der Waals surface area (Å²) in [5.74, 6) is 0. The third kappa shape index (κ3) is 3.99. The van der Waals surface area contributed by atoms with Crippen LogP contribution in [0.4, 0.5) is 5.69 Å². The van der Waals surface area contributed by atoms with Crippen LogP contribution in [0.5, 0.6) is 0 Å². The number of rotatable bonds is 5. The maximum absolute atomic E-state index is 11.1. The van der Waals surface area contributed by atoms with E-state index in [0.29, 0.717) is 0 Å². The minimum absolute atomic E-state index is 0.250. The molecular weight excluding hydrogens is 302 g/mol. The Hall–Kier alpha value is -2.24. The molecular formula is C19H25N3O2+2. The van der Waals surface area contributed by atoms with Crippen molar-refractivity contribution >= 4 is 5.69 Å². The third-order valence-electron chi connectivity index (χ3n) is 4.99. The van der Waals surface area contributed by atoms with Gasteiger partial charge >= 0.3 is 0 Å². The molecule has 0 aromatic heterocycles. The van der Waals surface area contributed by atoms with Gasteiger partial charge in [0.2, 0.25) is 0 Å². The fourth-order valence-corrected chi connectivity index (χ4v) is 3.50.